The molecule has 0 atom stereocenters. The van der Waals surface area contributed by atoms with E-state index in [-0.39, 0.29) is 15.8 Å². The van der Waals surface area contributed by atoms with Crippen LogP contribution in [0.2, 0.25) is 10.0 Å². The molecule has 0 aromatic heterocycles. The molecule has 14 heavy (non-hydrogen) atoms. The molecule has 1 aromatic rings. The first kappa shape index (κ1) is 12.0. The predicted octanol–water partition coefficient (Wildman–Crippen LogP) is 4.49. The molecule has 78 valence electrons. The zero-order chi connectivity index (χ0) is 10.7. The van der Waals surface area contributed by atoms with E-state index in [1.807, 2.05) is 0 Å². The van der Waals surface area contributed by atoms with E-state index in [0.29, 0.717) is 10.9 Å². The Balaban J connectivity index is 3.14. The van der Waals surface area contributed by atoms with Crippen LogP contribution in [0.1, 0.15) is 5.56 Å². The van der Waals surface area contributed by atoms with Crippen molar-refractivity contribution in [2.24, 2.45) is 0 Å². The molecule has 0 amide bonds. The summed E-state index contributed by atoms with van der Waals surface area (Å²) in [5.74, 6) is -0.0777. The number of benzene rings is 1. The summed E-state index contributed by atoms with van der Waals surface area (Å²) < 4.78 is 28.3. The Morgan fingerprint density at radius 3 is 2.50 bits per heavy atom. The fourth-order valence-corrected chi connectivity index (χ4v) is 1.71. The van der Waals surface area contributed by atoms with Gasteiger partial charge in [0.2, 0.25) is 0 Å². The highest BCUT2D eigenvalue weighted by Crippen LogP contribution is 2.36. The highest BCUT2D eigenvalue weighted by molar-refractivity contribution is 9.08. The van der Waals surface area contributed by atoms with Gasteiger partial charge in [0.15, 0.2) is 0 Å². The summed E-state index contributed by atoms with van der Waals surface area (Å²) in [4.78, 5) is 0. The molecular weight excluding hydrogens is 301 g/mol. The topological polar surface area (TPSA) is 9.23 Å². The third-order valence-corrected chi connectivity index (χ3v) is 2.87. The molecule has 1 nitrogen and oxygen atoms in total. The van der Waals surface area contributed by atoms with E-state index in [1.54, 1.807) is 6.07 Å². The number of hydrogen-bond acceptors (Lipinski definition) is 1. The first-order valence-corrected chi connectivity index (χ1v) is 5.41. The average molecular weight is 306 g/mol. The standard InChI is InChI=1S/C8H5BrCl2F2O/c9-3-4-1-2-5(10)6(11)7(4)14-8(12)13/h1-2,8H,3H2. The Morgan fingerprint density at radius 1 is 1.36 bits per heavy atom. The molecular formula is C8H5BrCl2F2O. The molecule has 0 heterocycles. The fourth-order valence-electron chi connectivity index (χ4n) is 0.894. The molecule has 0 saturated heterocycles. The van der Waals surface area contributed by atoms with Gasteiger partial charge in [-0.25, -0.2) is 0 Å². The maximum absolute atomic E-state index is 12.0. The van der Waals surface area contributed by atoms with E-state index >= 15 is 0 Å². The first-order valence-electron chi connectivity index (χ1n) is 3.54. The zero-order valence-corrected chi connectivity index (χ0v) is 9.84. The van der Waals surface area contributed by atoms with E-state index in [2.05, 4.69) is 20.7 Å². The smallest absolute Gasteiger partial charge is 0.387 e. The summed E-state index contributed by atoms with van der Waals surface area (Å²) in [6.45, 7) is -2.91. The van der Waals surface area contributed by atoms with Crippen molar-refractivity contribution in [3.8, 4) is 5.75 Å². The Bertz CT molecular complexity index is 333. The third-order valence-electron chi connectivity index (χ3n) is 1.48. The van der Waals surface area contributed by atoms with Crippen molar-refractivity contribution in [2.45, 2.75) is 11.9 Å². The van der Waals surface area contributed by atoms with Crippen molar-refractivity contribution < 1.29 is 13.5 Å². The van der Waals surface area contributed by atoms with E-state index in [4.69, 9.17) is 23.2 Å². The third kappa shape index (κ3) is 2.72. The lowest BCUT2D eigenvalue weighted by Gasteiger charge is -2.11. The quantitative estimate of drug-likeness (QED) is 0.748. The molecule has 0 bridgehead atoms. The second-order valence-electron chi connectivity index (χ2n) is 2.36. The first-order chi connectivity index (χ1) is 6.56. The van der Waals surface area contributed by atoms with Crippen LogP contribution in [0.4, 0.5) is 8.78 Å². The predicted molar refractivity (Wildman–Crippen MR) is 55.7 cm³/mol. The molecule has 1 rings (SSSR count). The monoisotopic (exact) mass is 304 g/mol. The van der Waals surface area contributed by atoms with E-state index < -0.39 is 6.61 Å². The molecule has 0 aliphatic rings. The van der Waals surface area contributed by atoms with Gasteiger partial charge in [-0.05, 0) is 6.07 Å². The SMILES string of the molecule is FC(F)Oc1c(CBr)ccc(Cl)c1Cl. The number of halogens is 5. The van der Waals surface area contributed by atoms with Gasteiger partial charge in [0, 0.05) is 10.9 Å². The van der Waals surface area contributed by atoms with Crippen LogP contribution in [-0.4, -0.2) is 6.61 Å². The van der Waals surface area contributed by atoms with Crippen LogP contribution in [0.5, 0.6) is 5.75 Å². The van der Waals surface area contributed by atoms with E-state index in [1.165, 1.54) is 6.07 Å². The van der Waals surface area contributed by atoms with Crippen LogP contribution < -0.4 is 4.74 Å². The van der Waals surface area contributed by atoms with Gasteiger partial charge in [0.1, 0.15) is 10.8 Å². The van der Waals surface area contributed by atoms with Gasteiger partial charge in [0.05, 0.1) is 5.02 Å². The summed E-state index contributed by atoms with van der Waals surface area (Å²) in [7, 11) is 0. The van der Waals surface area contributed by atoms with Crippen molar-refractivity contribution in [2.75, 3.05) is 0 Å². The lowest BCUT2D eigenvalue weighted by atomic mass is 10.2. The highest BCUT2D eigenvalue weighted by atomic mass is 79.9. The van der Waals surface area contributed by atoms with Crippen molar-refractivity contribution in [1.82, 2.24) is 0 Å². The Morgan fingerprint density at radius 2 is 2.00 bits per heavy atom. The number of alkyl halides is 3. The molecule has 0 N–H and O–H groups in total. The van der Waals surface area contributed by atoms with Crippen molar-refractivity contribution in [3.05, 3.63) is 27.7 Å². The Labute approximate surface area is 98.1 Å². The largest absolute Gasteiger partial charge is 0.433 e. The molecule has 0 saturated carbocycles. The summed E-state index contributed by atoms with van der Waals surface area (Å²) in [5.41, 5.74) is 0.528. The van der Waals surface area contributed by atoms with E-state index in [9.17, 15) is 8.78 Å². The van der Waals surface area contributed by atoms with Gasteiger partial charge in [-0.2, -0.15) is 8.78 Å². The number of ether oxygens (including phenoxy) is 1. The van der Waals surface area contributed by atoms with Gasteiger partial charge in [-0.3, -0.25) is 0 Å². The number of hydrogen-bond donors (Lipinski definition) is 0. The van der Waals surface area contributed by atoms with Crippen molar-refractivity contribution in [3.63, 3.8) is 0 Å². The van der Waals surface area contributed by atoms with Crippen LogP contribution in [0, 0.1) is 0 Å². The van der Waals surface area contributed by atoms with Crippen molar-refractivity contribution >= 4 is 39.1 Å². The molecule has 6 heteroatoms. The minimum atomic E-state index is -2.91. The second kappa shape index (κ2) is 5.14. The maximum Gasteiger partial charge on any atom is 0.387 e. The van der Waals surface area contributed by atoms with Crippen LogP contribution in [0.25, 0.3) is 0 Å². The van der Waals surface area contributed by atoms with Crippen LogP contribution in [0.3, 0.4) is 0 Å². The molecule has 0 aliphatic carbocycles. The van der Waals surface area contributed by atoms with Gasteiger partial charge in [0.25, 0.3) is 0 Å². The number of rotatable bonds is 3. The normalized spacial score (nSPS) is 10.7. The van der Waals surface area contributed by atoms with Crippen molar-refractivity contribution in [1.29, 1.82) is 0 Å². The second-order valence-corrected chi connectivity index (χ2v) is 3.71. The van der Waals surface area contributed by atoms with Gasteiger partial charge in [-0.1, -0.05) is 45.2 Å². The molecule has 0 spiro atoms. The lowest BCUT2D eigenvalue weighted by Crippen LogP contribution is -2.04. The maximum atomic E-state index is 12.0. The van der Waals surface area contributed by atoms with Gasteiger partial charge >= 0.3 is 6.61 Å². The molecule has 1 aromatic carbocycles. The van der Waals surface area contributed by atoms with Crippen LogP contribution in [0.15, 0.2) is 12.1 Å². The summed E-state index contributed by atoms with van der Waals surface area (Å²) in [5, 5.41) is 0.558. The Kier molecular flexibility index (Phi) is 4.41. The molecule has 0 unspecified atom stereocenters. The lowest BCUT2D eigenvalue weighted by molar-refractivity contribution is -0.0502. The molecule has 0 fully saturated rings. The Hall–Kier alpha value is -0.0600. The van der Waals surface area contributed by atoms with Gasteiger partial charge < -0.3 is 4.74 Å². The summed E-state index contributed by atoms with van der Waals surface area (Å²) in [6, 6.07) is 3.10. The summed E-state index contributed by atoms with van der Waals surface area (Å²) in [6.07, 6.45) is 0. The zero-order valence-electron chi connectivity index (χ0n) is 6.74. The average Bonchev–Trinajstić information content (AvgIpc) is 2.13. The minimum Gasteiger partial charge on any atom is -0.433 e. The minimum absolute atomic E-state index is 0.00363. The van der Waals surface area contributed by atoms with Crippen LogP contribution >= 0.6 is 39.1 Å². The van der Waals surface area contributed by atoms with E-state index in [0.717, 1.165) is 0 Å². The van der Waals surface area contributed by atoms with Crippen LogP contribution in [-0.2, 0) is 5.33 Å². The fraction of sp³-hybridized carbons (Fsp3) is 0.250. The molecule has 0 aliphatic heterocycles. The van der Waals surface area contributed by atoms with Gasteiger partial charge in [-0.15, -0.1) is 0 Å². The highest BCUT2D eigenvalue weighted by Gasteiger charge is 2.15. The molecule has 0 radical (unpaired) electrons. The summed E-state index contributed by atoms with van der Waals surface area (Å²) >= 11 is 14.5.